The minimum absolute atomic E-state index is 0.442. The number of aliphatic carboxylic acids is 2. The van der Waals surface area contributed by atoms with Crippen molar-refractivity contribution in [2.24, 2.45) is 0 Å². The number of likely N-dealkylation sites (N-methyl/N-ethyl adjacent to an activating group) is 1. The quantitative estimate of drug-likeness (QED) is 0.756. The summed E-state index contributed by atoms with van der Waals surface area (Å²) in [6, 6.07) is 14.6. The van der Waals surface area contributed by atoms with Gasteiger partial charge < -0.3 is 19.8 Å². The molecule has 1 atom stereocenters. The van der Waals surface area contributed by atoms with E-state index in [0.717, 1.165) is 29.4 Å². The van der Waals surface area contributed by atoms with E-state index in [-0.39, 0.29) is 0 Å². The Balaban J connectivity index is 0.000000300. The Bertz CT molecular complexity index is 863. The monoisotopic (exact) mass is 403 g/mol. The van der Waals surface area contributed by atoms with Gasteiger partial charge >= 0.3 is 11.9 Å². The van der Waals surface area contributed by atoms with E-state index in [1.807, 2.05) is 30.3 Å². The number of carbonyl (C=O) groups is 2. The molecule has 0 saturated carbocycles. The van der Waals surface area contributed by atoms with Crippen molar-refractivity contribution in [1.29, 1.82) is 0 Å². The lowest BCUT2D eigenvalue weighted by atomic mass is 9.95. The van der Waals surface area contributed by atoms with Crippen molar-refractivity contribution < 1.29 is 24.5 Å². The molecule has 0 aliphatic carbocycles. The third-order valence-corrected chi connectivity index (χ3v) is 4.46. The first-order valence-electron chi connectivity index (χ1n) is 8.60. The fourth-order valence-corrected chi connectivity index (χ4v) is 2.98. The number of carboxylic acids is 2. The van der Waals surface area contributed by atoms with Crippen LogP contribution in [0.5, 0.6) is 11.5 Å². The Hall–Kier alpha value is -2.83. The largest absolute Gasteiger partial charge is 0.478 e. The maximum Gasteiger partial charge on any atom is 0.328 e. The van der Waals surface area contributed by atoms with Crippen LogP contribution in [-0.4, -0.2) is 47.2 Å². The predicted octanol–water partition coefficient (Wildman–Crippen LogP) is 3.87. The van der Waals surface area contributed by atoms with E-state index in [1.54, 1.807) is 0 Å². The lowest BCUT2D eigenvalue weighted by molar-refractivity contribution is -0.134. The lowest BCUT2D eigenvalue weighted by Gasteiger charge is -2.28. The summed E-state index contributed by atoms with van der Waals surface area (Å²) in [7, 11) is 4.25. The Morgan fingerprint density at radius 3 is 2.18 bits per heavy atom. The first kappa shape index (κ1) is 21.5. The minimum Gasteiger partial charge on any atom is -0.478 e. The van der Waals surface area contributed by atoms with Gasteiger partial charge in [0, 0.05) is 23.2 Å². The van der Waals surface area contributed by atoms with Crippen molar-refractivity contribution in [2.45, 2.75) is 18.9 Å². The molecule has 0 amide bonds. The molecular weight excluding hydrogens is 382 g/mol. The number of ether oxygens (including phenoxy) is 1. The van der Waals surface area contributed by atoms with Crippen molar-refractivity contribution in [3.63, 3.8) is 0 Å². The average Bonchev–Trinajstić information content (AvgIpc) is 2.61. The molecule has 2 N–H and O–H groups in total. The molecule has 0 radical (unpaired) electrons. The van der Waals surface area contributed by atoms with Gasteiger partial charge in [0.1, 0.15) is 11.5 Å². The highest BCUT2D eigenvalue weighted by Crippen LogP contribution is 2.34. The zero-order valence-corrected chi connectivity index (χ0v) is 16.4. The summed E-state index contributed by atoms with van der Waals surface area (Å²) in [6.07, 6.45) is 3.04. The van der Waals surface area contributed by atoms with E-state index in [9.17, 15) is 9.59 Å². The Kier molecular flexibility index (Phi) is 7.61. The number of carboxylic acid groups (broad SMARTS) is 2. The number of hydrogen-bond donors (Lipinski definition) is 2. The van der Waals surface area contributed by atoms with E-state index in [1.165, 1.54) is 11.1 Å². The van der Waals surface area contributed by atoms with Crippen LogP contribution in [0.25, 0.3) is 0 Å². The summed E-state index contributed by atoms with van der Waals surface area (Å²) < 4.78 is 6.09. The Morgan fingerprint density at radius 2 is 1.57 bits per heavy atom. The zero-order chi connectivity index (χ0) is 20.7. The van der Waals surface area contributed by atoms with Crippen molar-refractivity contribution in [3.05, 3.63) is 70.8 Å². The molecular formula is C21H22ClNO5. The molecule has 0 spiro atoms. The van der Waals surface area contributed by atoms with Crippen molar-refractivity contribution in [3.8, 4) is 11.5 Å². The van der Waals surface area contributed by atoms with Gasteiger partial charge in [-0.15, -0.1) is 0 Å². The van der Waals surface area contributed by atoms with Crippen molar-refractivity contribution in [1.82, 2.24) is 4.90 Å². The molecule has 7 heteroatoms. The molecule has 6 nitrogen and oxygen atoms in total. The molecule has 148 valence electrons. The van der Waals surface area contributed by atoms with Crippen LogP contribution in [0, 0.1) is 0 Å². The smallest absolute Gasteiger partial charge is 0.328 e. The molecule has 2 aromatic carbocycles. The molecule has 0 saturated heterocycles. The summed E-state index contributed by atoms with van der Waals surface area (Å²) in [4.78, 5) is 21.4. The number of nitrogens with zero attached hydrogens (tertiary/aromatic N) is 1. The van der Waals surface area contributed by atoms with Gasteiger partial charge in [-0.2, -0.15) is 0 Å². The first-order chi connectivity index (χ1) is 13.3. The summed E-state index contributed by atoms with van der Waals surface area (Å²) in [5.41, 5.74) is 2.43. The topological polar surface area (TPSA) is 87.1 Å². The van der Waals surface area contributed by atoms with E-state index >= 15 is 0 Å². The highest BCUT2D eigenvalue weighted by atomic mass is 35.5. The summed E-state index contributed by atoms with van der Waals surface area (Å²) in [5, 5.41) is 16.4. The van der Waals surface area contributed by atoms with Crippen LogP contribution in [0.2, 0.25) is 5.02 Å². The van der Waals surface area contributed by atoms with Crippen LogP contribution in [0.1, 0.15) is 11.1 Å². The predicted molar refractivity (Wildman–Crippen MR) is 107 cm³/mol. The fourth-order valence-electron chi connectivity index (χ4n) is 2.79. The lowest BCUT2D eigenvalue weighted by Crippen LogP contribution is -2.33. The SMILES string of the molecule is CN(C)C1Cc2ccccc2Oc2ccc(Cl)cc2C1.O=C(O)C=CC(=O)O. The highest BCUT2D eigenvalue weighted by Gasteiger charge is 2.21. The number of hydrogen-bond acceptors (Lipinski definition) is 4. The van der Waals surface area contributed by atoms with E-state index in [4.69, 9.17) is 26.6 Å². The molecule has 2 aromatic rings. The van der Waals surface area contributed by atoms with Crippen molar-refractivity contribution >= 4 is 23.5 Å². The first-order valence-corrected chi connectivity index (χ1v) is 8.98. The van der Waals surface area contributed by atoms with Crippen LogP contribution in [0.4, 0.5) is 0 Å². The Labute approximate surface area is 168 Å². The normalized spacial score (nSPS) is 15.4. The summed E-state index contributed by atoms with van der Waals surface area (Å²) >= 11 is 6.13. The van der Waals surface area contributed by atoms with Crippen LogP contribution < -0.4 is 4.74 Å². The van der Waals surface area contributed by atoms with Gasteiger partial charge in [0.2, 0.25) is 0 Å². The average molecular weight is 404 g/mol. The van der Waals surface area contributed by atoms with Crippen LogP contribution in [-0.2, 0) is 22.4 Å². The number of fused-ring (bicyclic) bond motifs is 2. The zero-order valence-electron chi connectivity index (χ0n) is 15.6. The van der Waals surface area contributed by atoms with Crippen LogP contribution >= 0.6 is 11.6 Å². The van der Waals surface area contributed by atoms with Gasteiger partial charge in [0.25, 0.3) is 0 Å². The van der Waals surface area contributed by atoms with E-state index in [2.05, 4.69) is 31.1 Å². The third kappa shape index (κ3) is 6.40. The molecule has 1 unspecified atom stereocenters. The number of benzene rings is 2. The maximum absolute atomic E-state index is 9.55. The molecule has 1 aliphatic rings. The molecule has 0 fully saturated rings. The standard InChI is InChI=1S/C17H18ClNO.C4H4O4/c1-19(2)15-10-12-5-3-4-6-16(12)20-17-8-7-14(18)9-13(17)11-15;5-3(6)1-2-4(7)8/h3-9,15H,10-11H2,1-2H3;1-2H,(H,5,6)(H,7,8). The van der Waals surface area contributed by atoms with Gasteiger partial charge in [-0.25, -0.2) is 9.59 Å². The number of halogens is 1. The van der Waals surface area contributed by atoms with Gasteiger partial charge in [0.05, 0.1) is 0 Å². The van der Waals surface area contributed by atoms with Gasteiger partial charge in [0.15, 0.2) is 0 Å². The van der Waals surface area contributed by atoms with Gasteiger partial charge in [-0.05, 0) is 62.3 Å². The molecule has 28 heavy (non-hydrogen) atoms. The van der Waals surface area contributed by atoms with Gasteiger partial charge in [-0.3, -0.25) is 0 Å². The second kappa shape index (κ2) is 9.92. The second-order valence-electron chi connectivity index (χ2n) is 6.50. The second-order valence-corrected chi connectivity index (χ2v) is 6.93. The molecule has 3 rings (SSSR count). The van der Waals surface area contributed by atoms with Crippen molar-refractivity contribution in [2.75, 3.05) is 14.1 Å². The van der Waals surface area contributed by atoms with Crippen LogP contribution in [0.15, 0.2) is 54.6 Å². The molecule has 1 heterocycles. The molecule has 1 aliphatic heterocycles. The summed E-state index contributed by atoms with van der Waals surface area (Å²) in [6.45, 7) is 0. The number of rotatable bonds is 3. The van der Waals surface area contributed by atoms with E-state index in [0.29, 0.717) is 18.2 Å². The third-order valence-electron chi connectivity index (χ3n) is 4.22. The van der Waals surface area contributed by atoms with Crippen LogP contribution in [0.3, 0.4) is 0 Å². The summed E-state index contributed by atoms with van der Waals surface area (Å²) in [5.74, 6) is -0.657. The van der Waals surface area contributed by atoms with E-state index < -0.39 is 11.9 Å². The molecule has 0 aromatic heterocycles. The Morgan fingerprint density at radius 1 is 1.00 bits per heavy atom. The molecule has 0 bridgehead atoms. The maximum atomic E-state index is 9.55. The fraction of sp³-hybridized carbons (Fsp3) is 0.238. The highest BCUT2D eigenvalue weighted by molar-refractivity contribution is 6.30. The number of para-hydroxylation sites is 1. The minimum atomic E-state index is -1.26. The van der Waals surface area contributed by atoms with Gasteiger partial charge in [-0.1, -0.05) is 29.8 Å².